The molecule has 4 aromatic heterocycles. The zero-order valence-electron chi connectivity index (χ0n) is 21.0. The molecule has 13 heteroatoms. The van der Waals surface area contributed by atoms with Crippen LogP contribution in [0.2, 0.25) is 10.3 Å². The van der Waals surface area contributed by atoms with Crippen molar-refractivity contribution in [3.63, 3.8) is 0 Å². The van der Waals surface area contributed by atoms with Gasteiger partial charge < -0.3 is 23.9 Å². The topological polar surface area (TPSA) is 113 Å². The van der Waals surface area contributed by atoms with E-state index in [0.717, 1.165) is 10.9 Å². The summed E-state index contributed by atoms with van der Waals surface area (Å²) >= 11 is 13.2. The van der Waals surface area contributed by atoms with E-state index in [0.29, 0.717) is 49.9 Å². The molecule has 0 bridgehead atoms. The number of imidazole rings is 1. The summed E-state index contributed by atoms with van der Waals surface area (Å²) in [5.74, 6) is 1.35. The SMILES string of the molecule is COc1cc(OCc2cccc(NC(=O)c3cc(Cl)nc(Cl)c3)c2)c2cc(-c3cn4nc(OC)sc4n3)oc2c1. The van der Waals surface area contributed by atoms with Crippen molar-refractivity contribution < 1.29 is 23.4 Å². The molecule has 0 saturated carbocycles. The summed E-state index contributed by atoms with van der Waals surface area (Å²) in [7, 11) is 3.14. The minimum atomic E-state index is -0.363. The molecule has 6 rings (SSSR count). The third kappa shape index (κ3) is 5.26. The Morgan fingerprint density at radius 2 is 1.88 bits per heavy atom. The van der Waals surface area contributed by atoms with Crippen LogP contribution < -0.4 is 19.5 Å². The first kappa shape index (κ1) is 25.9. The van der Waals surface area contributed by atoms with Gasteiger partial charge in [-0.25, -0.2) is 14.5 Å². The zero-order chi connectivity index (χ0) is 27.8. The number of nitrogens with zero attached hydrogens (tertiary/aromatic N) is 4. The fraction of sp³-hybridized carbons (Fsp3) is 0.111. The average molecular weight is 596 g/mol. The summed E-state index contributed by atoms with van der Waals surface area (Å²) in [6, 6.07) is 15.7. The normalized spacial score (nSPS) is 11.2. The lowest BCUT2D eigenvalue weighted by molar-refractivity contribution is 0.102. The number of fused-ring (bicyclic) bond motifs is 2. The number of halogens is 2. The number of carbonyl (C=O) groups is 1. The number of anilines is 1. The lowest BCUT2D eigenvalue weighted by Gasteiger charge is -2.11. The average Bonchev–Trinajstić information content (AvgIpc) is 3.64. The zero-order valence-corrected chi connectivity index (χ0v) is 23.3. The van der Waals surface area contributed by atoms with E-state index in [4.69, 9.17) is 41.8 Å². The van der Waals surface area contributed by atoms with Gasteiger partial charge in [-0.3, -0.25) is 4.79 Å². The fourth-order valence-corrected chi connectivity index (χ4v) is 5.19. The van der Waals surface area contributed by atoms with Crippen LogP contribution in [-0.4, -0.2) is 39.7 Å². The monoisotopic (exact) mass is 595 g/mol. The molecule has 6 aromatic rings. The molecule has 0 radical (unpaired) electrons. The Morgan fingerprint density at radius 1 is 1.05 bits per heavy atom. The number of pyridine rings is 1. The summed E-state index contributed by atoms with van der Waals surface area (Å²) in [4.78, 5) is 21.8. The Morgan fingerprint density at radius 3 is 2.62 bits per heavy atom. The first-order valence-electron chi connectivity index (χ1n) is 11.8. The van der Waals surface area contributed by atoms with Crippen molar-refractivity contribution >= 4 is 62.1 Å². The molecule has 10 nitrogen and oxygen atoms in total. The van der Waals surface area contributed by atoms with Gasteiger partial charge in [0, 0.05) is 23.4 Å². The number of benzene rings is 2. The van der Waals surface area contributed by atoms with Gasteiger partial charge in [-0.2, -0.15) is 0 Å². The van der Waals surface area contributed by atoms with E-state index in [2.05, 4.69) is 20.4 Å². The maximum atomic E-state index is 12.7. The Balaban J connectivity index is 1.23. The van der Waals surface area contributed by atoms with Crippen LogP contribution in [0.5, 0.6) is 16.7 Å². The predicted molar refractivity (Wildman–Crippen MR) is 152 cm³/mol. The van der Waals surface area contributed by atoms with Crippen LogP contribution in [0.4, 0.5) is 5.69 Å². The molecule has 1 amide bonds. The van der Waals surface area contributed by atoms with E-state index in [1.807, 2.05) is 24.3 Å². The van der Waals surface area contributed by atoms with Gasteiger partial charge in [-0.15, -0.1) is 5.10 Å². The molecular weight excluding hydrogens is 577 g/mol. The minimum Gasteiger partial charge on any atom is -0.496 e. The maximum Gasteiger partial charge on any atom is 0.294 e. The largest absolute Gasteiger partial charge is 0.496 e. The first-order chi connectivity index (χ1) is 19.4. The minimum absolute atomic E-state index is 0.136. The van der Waals surface area contributed by atoms with E-state index < -0.39 is 0 Å². The number of rotatable bonds is 8. The van der Waals surface area contributed by atoms with Crippen molar-refractivity contribution in [3.8, 4) is 28.1 Å². The number of furan rings is 1. The molecule has 2 aromatic carbocycles. The van der Waals surface area contributed by atoms with E-state index in [-0.39, 0.29) is 22.8 Å². The van der Waals surface area contributed by atoms with E-state index in [1.54, 1.807) is 43.1 Å². The lowest BCUT2D eigenvalue weighted by Crippen LogP contribution is -2.12. The Bertz CT molecular complexity index is 1830. The van der Waals surface area contributed by atoms with E-state index in [9.17, 15) is 4.79 Å². The molecule has 0 unspecified atom stereocenters. The van der Waals surface area contributed by atoms with Crippen molar-refractivity contribution in [2.24, 2.45) is 0 Å². The molecule has 0 fully saturated rings. The van der Waals surface area contributed by atoms with Crippen LogP contribution in [-0.2, 0) is 6.61 Å². The van der Waals surface area contributed by atoms with Crippen molar-refractivity contribution in [1.82, 2.24) is 19.6 Å². The number of carbonyl (C=O) groups excluding carboxylic acids is 1. The first-order valence-corrected chi connectivity index (χ1v) is 13.3. The highest BCUT2D eigenvalue weighted by Gasteiger charge is 2.17. The summed E-state index contributed by atoms with van der Waals surface area (Å²) in [6.45, 7) is 0.226. The van der Waals surface area contributed by atoms with Crippen LogP contribution in [0.1, 0.15) is 15.9 Å². The van der Waals surface area contributed by atoms with E-state index in [1.165, 1.54) is 23.5 Å². The molecule has 4 heterocycles. The van der Waals surface area contributed by atoms with Crippen LogP contribution in [0.3, 0.4) is 0 Å². The van der Waals surface area contributed by atoms with Crippen molar-refractivity contribution in [3.05, 3.63) is 82.2 Å². The molecular formula is C27H19Cl2N5O5S. The van der Waals surface area contributed by atoms with Gasteiger partial charge in [-0.05, 0) is 47.2 Å². The van der Waals surface area contributed by atoms with E-state index >= 15 is 0 Å². The van der Waals surface area contributed by atoms with Crippen LogP contribution in [0, 0.1) is 0 Å². The maximum absolute atomic E-state index is 12.7. The predicted octanol–water partition coefficient (Wildman–Crippen LogP) is 6.75. The fourth-order valence-electron chi connectivity index (χ4n) is 4.03. The van der Waals surface area contributed by atoms with Gasteiger partial charge >= 0.3 is 0 Å². The Kier molecular flexibility index (Phi) is 6.93. The molecule has 202 valence electrons. The highest BCUT2D eigenvalue weighted by molar-refractivity contribution is 7.18. The van der Waals surface area contributed by atoms with Gasteiger partial charge in [0.15, 0.2) is 5.76 Å². The Labute approximate surface area is 241 Å². The molecule has 0 aliphatic carbocycles. The third-order valence-corrected chi connectivity index (χ3v) is 7.14. The molecule has 1 N–H and O–H groups in total. The summed E-state index contributed by atoms with van der Waals surface area (Å²) in [5.41, 5.74) is 2.93. The number of methoxy groups -OCH3 is 2. The molecule has 0 aliphatic heterocycles. The van der Waals surface area contributed by atoms with Crippen molar-refractivity contribution in [1.29, 1.82) is 0 Å². The van der Waals surface area contributed by atoms with Crippen molar-refractivity contribution in [2.45, 2.75) is 6.61 Å². The second-order valence-corrected chi connectivity index (χ2v) is 10.2. The van der Waals surface area contributed by atoms with Crippen LogP contribution in [0.15, 0.2) is 65.2 Å². The highest BCUT2D eigenvalue weighted by atomic mass is 35.5. The number of nitrogens with one attached hydrogen (secondary N) is 1. The number of amides is 1. The molecule has 0 saturated heterocycles. The lowest BCUT2D eigenvalue weighted by atomic mass is 10.2. The highest BCUT2D eigenvalue weighted by Crippen LogP contribution is 2.37. The van der Waals surface area contributed by atoms with Crippen molar-refractivity contribution in [2.75, 3.05) is 19.5 Å². The second-order valence-electron chi connectivity index (χ2n) is 8.52. The number of hydrogen-bond donors (Lipinski definition) is 1. The molecule has 0 spiro atoms. The third-order valence-electron chi connectivity index (χ3n) is 5.86. The quantitative estimate of drug-likeness (QED) is 0.192. The smallest absolute Gasteiger partial charge is 0.294 e. The van der Waals surface area contributed by atoms with Crippen LogP contribution in [0.25, 0.3) is 27.4 Å². The van der Waals surface area contributed by atoms with Gasteiger partial charge in [0.1, 0.15) is 39.7 Å². The second kappa shape index (κ2) is 10.7. The molecule has 0 aliphatic rings. The van der Waals surface area contributed by atoms with Gasteiger partial charge in [0.25, 0.3) is 11.1 Å². The Hall–Kier alpha value is -4.32. The number of hydrogen-bond acceptors (Lipinski definition) is 9. The van der Waals surface area contributed by atoms with Gasteiger partial charge in [-0.1, -0.05) is 35.3 Å². The van der Waals surface area contributed by atoms with Gasteiger partial charge in [0.2, 0.25) is 4.96 Å². The summed E-state index contributed by atoms with van der Waals surface area (Å²) < 4.78 is 24.6. The summed E-state index contributed by atoms with van der Waals surface area (Å²) in [5, 5.41) is 8.70. The van der Waals surface area contributed by atoms with Gasteiger partial charge in [0.05, 0.1) is 25.8 Å². The number of ether oxygens (including phenoxy) is 3. The molecule has 40 heavy (non-hydrogen) atoms. The summed E-state index contributed by atoms with van der Waals surface area (Å²) in [6.07, 6.45) is 1.78. The standard InChI is InChI=1S/C27H19Cl2N5O5S/c1-36-17-9-20(18-11-22(39-21(18)10-17)19-12-34-26(31-19)40-27(33-34)37-2)38-13-14-4-3-5-16(6-14)30-25(35)15-7-23(28)32-24(29)8-15/h3-12H,13H2,1-2H3,(H,30,35). The van der Waals surface area contributed by atoms with Crippen LogP contribution >= 0.6 is 34.5 Å². The number of aromatic nitrogens is 4. The molecule has 0 atom stereocenters.